The predicted molar refractivity (Wildman–Crippen MR) is 175 cm³/mol. The highest BCUT2D eigenvalue weighted by molar-refractivity contribution is 5.99. The summed E-state index contributed by atoms with van der Waals surface area (Å²) in [7, 11) is 0. The molecule has 1 aliphatic carbocycles. The van der Waals surface area contributed by atoms with Crippen molar-refractivity contribution in [1.82, 2.24) is 4.57 Å². The Morgan fingerprint density at radius 2 is 1.00 bits per heavy atom. The fourth-order valence-electron chi connectivity index (χ4n) is 6.83. The minimum Gasteiger partial charge on any atom is -0.309 e. The zero-order chi connectivity index (χ0) is 28.4. The van der Waals surface area contributed by atoms with E-state index in [-0.39, 0.29) is 10.8 Å². The van der Waals surface area contributed by atoms with Gasteiger partial charge in [0.05, 0.1) is 11.0 Å². The molecule has 1 heterocycles. The van der Waals surface area contributed by atoms with Crippen molar-refractivity contribution >= 4 is 21.8 Å². The minimum absolute atomic E-state index is 0.0562. The number of hydrogen-bond donors (Lipinski definition) is 0. The molecule has 200 valence electrons. The Balaban J connectivity index is 1.43. The summed E-state index contributed by atoms with van der Waals surface area (Å²) < 4.78 is 2.27. The second kappa shape index (κ2) is 9.15. The highest BCUT2D eigenvalue weighted by Crippen LogP contribution is 2.49. The third-order valence-electron chi connectivity index (χ3n) is 9.00. The van der Waals surface area contributed by atoms with E-state index < -0.39 is 0 Å². The van der Waals surface area contributed by atoms with Gasteiger partial charge in [-0.25, -0.2) is 0 Å². The van der Waals surface area contributed by atoms with Crippen LogP contribution in [0.15, 0.2) is 144 Å². The standard InChI is InChI=1S/C40H29NO/c1-40(2)35-16-10-9-15-31(35)32-20-19-30(25-36(32)40)41-37-21-17-28(26-11-5-3-6-12-26)23-33(37)39(42)34-24-29(18-22-38(34)41)27-13-7-4-8-14-27/h3-25H,1-2H3. The molecule has 2 heteroatoms. The third kappa shape index (κ3) is 3.62. The number of hydrogen-bond acceptors (Lipinski definition) is 1. The zero-order valence-electron chi connectivity index (χ0n) is 23.6. The lowest BCUT2D eigenvalue weighted by Crippen LogP contribution is -2.16. The lowest BCUT2D eigenvalue weighted by molar-refractivity contribution is 0.660. The molecule has 0 aliphatic heterocycles. The molecule has 7 aromatic rings. The van der Waals surface area contributed by atoms with Crippen molar-refractivity contribution in [3.63, 3.8) is 0 Å². The normalized spacial score (nSPS) is 13.3. The van der Waals surface area contributed by atoms with Gasteiger partial charge in [0.1, 0.15) is 0 Å². The third-order valence-corrected chi connectivity index (χ3v) is 9.00. The van der Waals surface area contributed by atoms with Gasteiger partial charge in [-0.05, 0) is 80.9 Å². The highest BCUT2D eigenvalue weighted by Gasteiger charge is 2.35. The van der Waals surface area contributed by atoms with Crippen LogP contribution in [0.5, 0.6) is 0 Å². The second-order valence-electron chi connectivity index (χ2n) is 11.8. The van der Waals surface area contributed by atoms with Crippen molar-refractivity contribution in [2.45, 2.75) is 19.3 Å². The number of pyridine rings is 1. The molecule has 0 bridgehead atoms. The maximum atomic E-state index is 14.3. The molecule has 42 heavy (non-hydrogen) atoms. The Labute approximate surface area is 245 Å². The molecule has 0 amide bonds. The molecule has 0 spiro atoms. The zero-order valence-corrected chi connectivity index (χ0v) is 23.6. The van der Waals surface area contributed by atoms with E-state index >= 15 is 0 Å². The molecule has 1 aromatic heterocycles. The molecular weight excluding hydrogens is 510 g/mol. The van der Waals surface area contributed by atoms with E-state index in [1.165, 1.54) is 22.3 Å². The fraction of sp³-hybridized carbons (Fsp3) is 0.0750. The first-order chi connectivity index (χ1) is 20.5. The molecule has 6 aromatic carbocycles. The van der Waals surface area contributed by atoms with Crippen molar-refractivity contribution in [3.05, 3.63) is 161 Å². The van der Waals surface area contributed by atoms with Gasteiger partial charge in [0.25, 0.3) is 0 Å². The van der Waals surface area contributed by atoms with Crippen LogP contribution in [0, 0.1) is 0 Å². The van der Waals surface area contributed by atoms with E-state index in [1.54, 1.807) is 0 Å². The maximum absolute atomic E-state index is 14.3. The Morgan fingerprint density at radius 3 is 1.60 bits per heavy atom. The summed E-state index contributed by atoms with van der Waals surface area (Å²) in [4.78, 5) is 14.3. The number of nitrogens with zero attached hydrogens (tertiary/aromatic N) is 1. The van der Waals surface area contributed by atoms with Crippen LogP contribution in [0.4, 0.5) is 0 Å². The molecule has 0 fully saturated rings. The van der Waals surface area contributed by atoms with Crippen molar-refractivity contribution in [2.75, 3.05) is 0 Å². The average Bonchev–Trinajstić information content (AvgIpc) is 3.28. The Morgan fingerprint density at radius 1 is 0.476 bits per heavy atom. The van der Waals surface area contributed by atoms with E-state index in [0.717, 1.165) is 49.7 Å². The molecule has 0 saturated carbocycles. The van der Waals surface area contributed by atoms with Gasteiger partial charge >= 0.3 is 0 Å². The van der Waals surface area contributed by atoms with E-state index in [9.17, 15) is 4.79 Å². The lowest BCUT2D eigenvalue weighted by atomic mass is 9.82. The van der Waals surface area contributed by atoms with Crippen LogP contribution >= 0.6 is 0 Å². The van der Waals surface area contributed by atoms with Gasteiger partial charge < -0.3 is 4.57 Å². The number of benzene rings is 6. The summed E-state index contributed by atoms with van der Waals surface area (Å²) in [6.45, 7) is 4.61. The monoisotopic (exact) mass is 539 g/mol. The Hall–Kier alpha value is -5.21. The van der Waals surface area contributed by atoms with Gasteiger partial charge in [0, 0.05) is 21.9 Å². The first-order valence-electron chi connectivity index (χ1n) is 14.5. The number of rotatable bonds is 3. The molecule has 1 aliphatic rings. The number of fused-ring (bicyclic) bond motifs is 5. The topological polar surface area (TPSA) is 22.0 Å². The molecule has 0 radical (unpaired) electrons. The van der Waals surface area contributed by atoms with E-state index in [0.29, 0.717) is 0 Å². The van der Waals surface area contributed by atoms with Gasteiger partial charge in [-0.15, -0.1) is 0 Å². The van der Waals surface area contributed by atoms with Crippen molar-refractivity contribution in [2.24, 2.45) is 0 Å². The fourth-order valence-corrected chi connectivity index (χ4v) is 6.83. The molecular formula is C40H29NO. The summed E-state index contributed by atoms with van der Waals surface area (Å²) in [6.07, 6.45) is 0. The maximum Gasteiger partial charge on any atom is 0.197 e. The van der Waals surface area contributed by atoms with Crippen LogP contribution in [0.2, 0.25) is 0 Å². The van der Waals surface area contributed by atoms with E-state index in [2.05, 4.69) is 122 Å². The molecule has 0 saturated heterocycles. The number of aromatic nitrogens is 1. The van der Waals surface area contributed by atoms with Gasteiger partial charge in [-0.2, -0.15) is 0 Å². The Bertz CT molecular complexity index is 2120. The van der Waals surface area contributed by atoms with Crippen molar-refractivity contribution in [1.29, 1.82) is 0 Å². The van der Waals surface area contributed by atoms with Gasteiger partial charge in [0.2, 0.25) is 0 Å². The molecule has 0 unspecified atom stereocenters. The smallest absolute Gasteiger partial charge is 0.197 e. The lowest BCUT2D eigenvalue weighted by Gasteiger charge is -2.23. The first kappa shape index (κ1) is 24.6. The summed E-state index contributed by atoms with van der Waals surface area (Å²) in [6, 6.07) is 48.7. The molecule has 0 N–H and O–H groups in total. The largest absolute Gasteiger partial charge is 0.309 e. The van der Waals surface area contributed by atoms with Crippen LogP contribution in [0.25, 0.3) is 60.9 Å². The van der Waals surface area contributed by atoms with Crippen LogP contribution in [0.1, 0.15) is 25.0 Å². The average molecular weight is 540 g/mol. The summed E-state index contributed by atoms with van der Waals surface area (Å²) in [5, 5.41) is 1.44. The highest BCUT2D eigenvalue weighted by atomic mass is 16.1. The van der Waals surface area contributed by atoms with Crippen LogP contribution in [-0.2, 0) is 5.41 Å². The first-order valence-corrected chi connectivity index (χ1v) is 14.5. The molecule has 2 nitrogen and oxygen atoms in total. The molecule has 0 atom stereocenters. The molecule has 8 rings (SSSR count). The summed E-state index contributed by atoms with van der Waals surface area (Å²) >= 11 is 0. The predicted octanol–water partition coefficient (Wildman–Crippen LogP) is 9.78. The van der Waals surface area contributed by atoms with E-state index in [1.807, 2.05) is 36.4 Å². The van der Waals surface area contributed by atoms with Gasteiger partial charge in [0.15, 0.2) is 5.43 Å². The van der Waals surface area contributed by atoms with E-state index in [4.69, 9.17) is 0 Å². The van der Waals surface area contributed by atoms with Crippen LogP contribution in [-0.4, -0.2) is 4.57 Å². The van der Waals surface area contributed by atoms with Crippen molar-refractivity contribution < 1.29 is 0 Å². The van der Waals surface area contributed by atoms with Crippen LogP contribution in [0.3, 0.4) is 0 Å². The summed E-state index contributed by atoms with van der Waals surface area (Å²) in [5.74, 6) is 0. The van der Waals surface area contributed by atoms with Gasteiger partial charge in [-0.3, -0.25) is 4.79 Å². The quantitative estimate of drug-likeness (QED) is 0.205. The Kier molecular flexibility index (Phi) is 5.36. The minimum atomic E-state index is -0.118. The van der Waals surface area contributed by atoms with Gasteiger partial charge in [-0.1, -0.05) is 117 Å². The SMILES string of the molecule is CC1(C)c2ccccc2-c2ccc(-n3c4ccc(-c5ccccc5)cc4c(=O)c4cc(-c5ccccc5)ccc43)cc21. The summed E-state index contributed by atoms with van der Waals surface area (Å²) in [5.41, 5.74) is 12.3. The van der Waals surface area contributed by atoms with Crippen molar-refractivity contribution in [3.8, 4) is 39.1 Å². The van der Waals surface area contributed by atoms with Crippen LogP contribution < -0.4 is 5.43 Å². The second-order valence-corrected chi connectivity index (χ2v) is 11.8.